The summed E-state index contributed by atoms with van der Waals surface area (Å²) in [6.07, 6.45) is -0.613. The second kappa shape index (κ2) is 10.9. The molecule has 0 spiro atoms. The van der Waals surface area contributed by atoms with E-state index in [1.54, 1.807) is 0 Å². The van der Waals surface area contributed by atoms with Crippen LogP contribution < -0.4 is 0 Å². The first-order valence-corrected chi connectivity index (χ1v) is 6.85. The van der Waals surface area contributed by atoms with Crippen LogP contribution >= 0.6 is 0 Å². The van der Waals surface area contributed by atoms with Crippen LogP contribution in [-0.2, 0) is 23.9 Å². The molecule has 0 aromatic rings. The molecule has 0 aromatic heterocycles. The van der Waals surface area contributed by atoms with Gasteiger partial charge in [0.05, 0.1) is 0 Å². The molecule has 0 fully saturated rings. The Bertz CT molecular complexity index is 367. The predicted molar refractivity (Wildman–Crippen MR) is 67.7 cm³/mol. The zero-order valence-electron chi connectivity index (χ0n) is 12.0. The van der Waals surface area contributed by atoms with Crippen LogP contribution in [0.1, 0.15) is 51.4 Å². The number of carbonyl (C=O) groups is 3. The lowest BCUT2D eigenvalue weighted by atomic mass is 10.1. The van der Waals surface area contributed by atoms with Crippen LogP contribution in [0, 0.1) is 0 Å². The maximum atomic E-state index is 11.7. The molecule has 0 aliphatic rings. The zero-order valence-corrected chi connectivity index (χ0v) is 12.0. The van der Waals surface area contributed by atoms with Crippen LogP contribution in [-0.4, -0.2) is 36.0 Å². The van der Waals surface area contributed by atoms with E-state index >= 15 is 0 Å². The fourth-order valence-corrected chi connectivity index (χ4v) is 1.56. The maximum absolute atomic E-state index is 11.7. The molecule has 0 aromatic carbocycles. The zero-order chi connectivity index (χ0) is 17.0. The lowest BCUT2D eigenvalue weighted by molar-refractivity contribution is -0.210. The number of halogens is 3. The highest BCUT2D eigenvalue weighted by atomic mass is 19.4. The maximum Gasteiger partial charge on any atom is 0.491 e. The van der Waals surface area contributed by atoms with E-state index in [1.807, 2.05) is 0 Å². The molecule has 0 saturated heterocycles. The summed E-state index contributed by atoms with van der Waals surface area (Å²) >= 11 is 0. The van der Waals surface area contributed by atoms with Crippen molar-refractivity contribution >= 4 is 17.9 Å². The number of rotatable bonds is 11. The lowest BCUT2D eigenvalue weighted by Crippen LogP contribution is -2.26. The predicted octanol–water partition coefficient (Wildman–Crippen LogP) is 2.80. The summed E-state index contributed by atoms with van der Waals surface area (Å²) in [5.41, 5.74) is 0. The van der Waals surface area contributed by atoms with Gasteiger partial charge < -0.3 is 14.6 Å². The van der Waals surface area contributed by atoms with Gasteiger partial charge in [-0.25, -0.2) is 4.79 Å². The molecule has 0 heterocycles. The molecule has 22 heavy (non-hydrogen) atoms. The van der Waals surface area contributed by atoms with E-state index in [-0.39, 0.29) is 12.8 Å². The average molecular weight is 328 g/mol. The van der Waals surface area contributed by atoms with E-state index in [4.69, 9.17) is 5.11 Å². The summed E-state index contributed by atoms with van der Waals surface area (Å²) in [4.78, 5) is 31.7. The molecule has 0 radical (unpaired) electrons. The van der Waals surface area contributed by atoms with Gasteiger partial charge in [0.25, 0.3) is 0 Å². The topological polar surface area (TPSA) is 89.9 Å². The van der Waals surface area contributed by atoms with Crippen molar-refractivity contribution in [2.45, 2.75) is 57.5 Å². The fourth-order valence-electron chi connectivity index (χ4n) is 1.56. The van der Waals surface area contributed by atoms with Gasteiger partial charge in [-0.1, -0.05) is 25.7 Å². The number of unbranched alkanes of at least 4 members (excludes halogenated alkanes) is 5. The van der Waals surface area contributed by atoms with Crippen molar-refractivity contribution in [2.24, 2.45) is 0 Å². The lowest BCUT2D eigenvalue weighted by Gasteiger charge is -2.07. The Morgan fingerprint density at radius 2 is 1.32 bits per heavy atom. The number of carboxylic acid groups (broad SMARTS) is 1. The highest BCUT2D eigenvalue weighted by molar-refractivity contribution is 5.75. The molecule has 0 saturated carbocycles. The van der Waals surface area contributed by atoms with Crippen molar-refractivity contribution in [1.29, 1.82) is 0 Å². The summed E-state index contributed by atoms with van der Waals surface area (Å²) in [5, 5.41) is 8.42. The SMILES string of the molecule is O=C(O)CCCCCCCCC(=O)OCOC(=O)C(F)(F)F. The molecule has 128 valence electrons. The molecule has 9 heteroatoms. The molecular formula is C13H19F3O6. The van der Waals surface area contributed by atoms with Gasteiger partial charge in [0.2, 0.25) is 6.79 Å². The van der Waals surface area contributed by atoms with E-state index in [1.165, 1.54) is 0 Å². The van der Waals surface area contributed by atoms with Crippen molar-refractivity contribution < 1.29 is 42.1 Å². The Morgan fingerprint density at radius 3 is 1.82 bits per heavy atom. The molecule has 0 aliphatic carbocycles. The quantitative estimate of drug-likeness (QED) is 0.356. The highest BCUT2D eigenvalue weighted by Crippen LogP contribution is 2.16. The van der Waals surface area contributed by atoms with E-state index in [2.05, 4.69) is 9.47 Å². The summed E-state index contributed by atoms with van der Waals surface area (Å²) in [5.74, 6) is -3.96. The Morgan fingerprint density at radius 1 is 0.818 bits per heavy atom. The number of carboxylic acids is 1. The second-order valence-electron chi connectivity index (χ2n) is 4.58. The standard InChI is InChI=1S/C13H19F3O6/c14-13(15,16)12(20)22-9-21-11(19)8-6-4-2-1-3-5-7-10(17)18/h1-9H2,(H,17,18). The molecular weight excluding hydrogens is 309 g/mol. The summed E-state index contributed by atoms with van der Waals surface area (Å²) in [7, 11) is 0. The summed E-state index contributed by atoms with van der Waals surface area (Å²) in [6, 6.07) is 0. The van der Waals surface area contributed by atoms with Crippen molar-refractivity contribution in [3.05, 3.63) is 0 Å². The number of carbonyl (C=O) groups excluding carboxylic acids is 2. The number of hydrogen-bond acceptors (Lipinski definition) is 5. The van der Waals surface area contributed by atoms with E-state index in [9.17, 15) is 27.6 Å². The molecule has 0 aliphatic heterocycles. The molecule has 0 unspecified atom stereocenters. The van der Waals surface area contributed by atoms with Crippen molar-refractivity contribution in [2.75, 3.05) is 6.79 Å². The van der Waals surface area contributed by atoms with E-state index < -0.39 is 30.9 Å². The van der Waals surface area contributed by atoms with Crippen molar-refractivity contribution in [3.8, 4) is 0 Å². The monoisotopic (exact) mass is 328 g/mol. The Kier molecular flexibility index (Phi) is 9.97. The molecule has 1 N–H and O–H groups in total. The smallest absolute Gasteiger partial charge is 0.481 e. The summed E-state index contributed by atoms with van der Waals surface area (Å²) < 4.78 is 43.3. The number of esters is 2. The average Bonchev–Trinajstić information content (AvgIpc) is 2.40. The Labute approximate surface area is 125 Å². The molecule has 0 rings (SSSR count). The van der Waals surface area contributed by atoms with Crippen molar-refractivity contribution in [1.82, 2.24) is 0 Å². The molecule has 0 amide bonds. The van der Waals surface area contributed by atoms with Gasteiger partial charge in [-0.3, -0.25) is 9.59 Å². The minimum atomic E-state index is -5.10. The van der Waals surface area contributed by atoms with Crippen molar-refractivity contribution in [3.63, 3.8) is 0 Å². The third-order valence-corrected chi connectivity index (χ3v) is 2.66. The molecule has 6 nitrogen and oxygen atoms in total. The first kappa shape index (κ1) is 20.2. The van der Waals surface area contributed by atoms with Gasteiger partial charge in [0.15, 0.2) is 0 Å². The molecule has 0 atom stereocenters. The highest BCUT2D eigenvalue weighted by Gasteiger charge is 2.41. The van der Waals surface area contributed by atoms with Gasteiger partial charge in [-0.05, 0) is 12.8 Å². The first-order chi connectivity index (χ1) is 10.2. The number of alkyl halides is 3. The second-order valence-corrected chi connectivity index (χ2v) is 4.58. The van der Waals surface area contributed by atoms with Gasteiger partial charge in [0, 0.05) is 12.8 Å². The minimum absolute atomic E-state index is 0.0265. The third kappa shape index (κ3) is 12.0. The normalized spacial score (nSPS) is 11.0. The first-order valence-electron chi connectivity index (χ1n) is 6.85. The van der Waals surface area contributed by atoms with Crippen LogP contribution in [0.2, 0.25) is 0 Å². The van der Waals surface area contributed by atoms with E-state index in [0.29, 0.717) is 12.8 Å². The van der Waals surface area contributed by atoms with Crippen LogP contribution in [0.3, 0.4) is 0 Å². The largest absolute Gasteiger partial charge is 0.491 e. The van der Waals surface area contributed by atoms with E-state index in [0.717, 1.165) is 25.7 Å². The van der Waals surface area contributed by atoms with Gasteiger partial charge in [-0.15, -0.1) is 0 Å². The van der Waals surface area contributed by atoms with Crippen LogP contribution in [0.5, 0.6) is 0 Å². The van der Waals surface area contributed by atoms with Gasteiger partial charge in [-0.2, -0.15) is 13.2 Å². The summed E-state index contributed by atoms with van der Waals surface area (Å²) in [6.45, 7) is -1.05. The van der Waals surface area contributed by atoms with Gasteiger partial charge >= 0.3 is 24.1 Å². The fraction of sp³-hybridized carbons (Fsp3) is 0.769. The molecule has 0 bridgehead atoms. The van der Waals surface area contributed by atoms with Crippen LogP contribution in [0.15, 0.2) is 0 Å². The Hall–Kier alpha value is -1.80. The number of ether oxygens (including phenoxy) is 2. The van der Waals surface area contributed by atoms with Crippen LogP contribution in [0.4, 0.5) is 13.2 Å². The number of hydrogen-bond donors (Lipinski definition) is 1. The van der Waals surface area contributed by atoms with Gasteiger partial charge in [0.1, 0.15) is 0 Å². The number of aliphatic carboxylic acids is 1. The Balaban J connectivity index is 3.44. The minimum Gasteiger partial charge on any atom is -0.481 e. The van der Waals surface area contributed by atoms with Crippen LogP contribution in [0.25, 0.3) is 0 Å². The third-order valence-electron chi connectivity index (χ3n) is 2.66.